The molecule has 5 heteroatoms. The fourth-order valence-electron chi connectivity index (χ4n) is 1.96. The zero-order valence-corrected chi connectivity index (χ0v) is 11.2. The first-order valence-corrected chi connectivity index (χ1v) is 6.68. The average molecular weight is 298 g/mol. The van der Waals surface area contributed by atoms with E-state index >= 15 is 0 Å². The molecule has 0 atom stereocenters. The summed E-state index contributed by atoms with van der Waals surface area (Å²) in [6.07, 6.45) is 2.56. The van der Waals surface area contributed by atoms with E-state index in [0.717, 1.165) is 19.6 Å². The summed E-state index contributed by atoms with van der Waals surface area (Å²) in [4.78, 5) is 18.2. The van der Waals surface area contributed by atoms with Gasteiger partial charge >= 0.3 is 0 Å². The molecule has 2 rings (SSSR count). The van der Waals surface area contributed by atoms with Crippen molar-refractivity contribution in [3.8, 4) is 0 Å². The van der Waals surface area contributed by atoms with Crippen LogP contribution in [0.1, 0.15) is 23.3 Å². The normalized spacial score (nSPS) is 16.1. The summed E-state index contributed by atoms with van der Waals surface area (Å²) < 4.78 is 0.685. The molecule has 1 aromatic heterocycles. The fraction of sp³-hybridized carbons (Fsp3) is 0.500. The number of amides is 1. The van der Waals surface area contributed by atoms with Crippen LogP contribution in [-0.4, -0.2) is 42.0 Å². The van der Waals surface area contributed by atoms with Crippen molar-refractivity contribution in [2.24, 2.45) is 0 Å². The minimum absolute atomic E-state index is 0.106. The topological polar surface area (TPSA) is 45.2 Å². The van der Waals surface area contributed by atoms with Gasteiger partial charge in [0, 0.05) is 13.1 Å². The standard InChI is InChI=1S/C12H16BrN3O/c13-11-5-3-4-10(15-11)12(17)14-6-9-16-7-1-2-8-16/h3-5H,1-2,6-9H2,(H,14,17). The Morgan fingerprint density at radius 2 is 2.18 bits per heavy atom. The van der Waals surface area contributed by atoms with Gasteiger partial charge < -0.3 is 10.2 Å². The quantitative estimate of drug-likeness (QED) is 0.860. The summed E-state index contributed by atoms with van der Waals surface area (Å²) in [5.41, 5.74) is 0.459. The molecule has 1 N–H and O–H groups in total. The number of likely N-dealkylation sites (tertiary alicyclic amines) is 1. The van der Waals surface area contributed by atoms with Gasteiger partial charge in [-0.3, -0.25) is 4.79 Å². The first-order chi connectivity index (χ1) is 8.25. The van der Waals surface area contributed by atoms with Gasteiger partial charge in [0.2, 0.25) is 0 Å². The van der Waals surface area contributed by atoms with Gasteiger partial charge in [-0.05, 0) is 54.0 Å². The van der Waals surface area contributed by atoms with Crippen LogP contribution >= 0.6 is 15.9 Å². The Labute approximate surface area is 110 Å². The van der Waals surface area contributed by atoms with Crippen molar-refractivity contribution in [3.63, 3.8) is 0 Å². The number of hydrogen-bond acceptors (Lipinski definition) is 3. The van der Waals surface area contributed by atoms with E-state index in [1.807, 2.05) is 6.07 Å². The fourth-order valence-corrected chi connectivity index (χ4v) is 2.30. The second kappa shape index (κ2) is 6.12. The molecule has 1 fully saturated rings. The third-order valence-corrected chi connectivity index (χ3v) is 3.30. The molecule has 1 aromatic rings. The highest BCUT2D eigenvalue weighted by Gasteiger charge is 2.12. The van der Waals surface area contributed by atoms with Crippen molar-refractivity contribution in [1.82, 2.24) is 15.2 Å². The highest BCUT2D eigenvalue weighted by Crippen LogP contribution is 2.07. The molecule has 92 valence electrons. The van der Waals surface area contributed by atoms with Crippen molar-refractivity contribution < 1.29 is 4.79 Å². The molecular weight excluding hydrogens is 282 g/mol. The number of pyridine rings is 1. The van der Waals surface area contributed by atoms with E-state index in [1.165, 1.54) is 12.8 Å². The van der Waals surface area contributed by atoms with Crippen molar-refractivity contribution in [2.75, 3.05) is 26.2 Å². The highest BCUT2D eigenvalue weighted by molar-refractivity contribution is 9.10. The number of hydrogen-bond donors (Lipinski definition) is 1. The third-order valence-electron chi connectivity index (χ3n) is 2.86. The molecule has 0 aliphatic carbocycles. The van der Waals surface area contributed by atoms with E-state index in [0.29, 0.717) is 16.8 Å². The summed E-state index contributed by atoms with van der Waals surface area (Å²) in [6, 6.07) is 5.34. The first-order valence-electron chi connectivity index (χ1n) is 5.89. The molecule has 17 heavy (non-hydrogen) atoms. The van der Waals surface area contributed by atoms with E-state index in [4.69, 9.17) is 0 Å². The molecule has 1 amide bonds. The molecular formula is C12H16BrN3O. The number of carbonyl (C=O) groups excluding carboxylic acids is 1. The second-order valence-electron chi connectivity index (χ2n) is 4.15. The molecule has 1 saturated heterocycles. The summed E-state index contributed by atoms with van der Waals surface area (Å²) in [5.74, 6) is -0.106. The number of carbonyl (C=O) groups is 1. The Morgan fingerprint density at radius 3 is 2.88 bits per heavy atom. The Hall–Kier alpha value is -0.940. The second-order valence-corrected chi connectivity index (χ2v) is 4.96. The molecule has 0 radical (unpaired) electrons. The molecule has 0 saturated carbocycles. The monoisotopic (exact) mass is 297 g/mol. The predicted molar refractivity (Wildman–Crippen MR) is 69.9 cm³/mol. The lowest BCUT2D eigenvalue weighted by molar-refractivity contribution is 0.0944. The van der Waals surface area contributed by atoms with Crippen molar-refractivity contribution in [3.05, 3.63) is 28.5 Å². The lowest BCUT2D eigenvalue weighted by Gasteiger charge is -2.14. The van der Waals surface area contributed by atoms with Gasteiger partial charge in [0.05, 0.1) is 0 Å². The van der Waals surface area contributed by atoms with Gasteiger partial charge in [0.25, 0.3) is 5.91 Å². The minimum Gasteiger partial charge on any atom is -0.349 e. The maximum atomic E-state index is 11.8. The lowest BCUT2D eigenvalue weighted by atomic mass is 10.3. The Kier molecular flexibility index (Phi) is 4.50. The van der Waals surface area contributed by atoms with E-state index in [9.17, 15) is 4.79 Å². The van der Waals surface area contributed by atoms with E-state index < -0.39 is 0 Å². The molecule has 1 aliphatic rings. The largest absolute Gasteiger partial charge is 0.349 e. The average Bonchev–Trinajstić information content (AvgIpc) is 2.82. The lowest BCUT2D eigenvalue weighted by Crippen LogP contribution is -2.33. The van der Waals surface area contributed by atoms with Gasteiger partial charge in [0.15, 0.2) is 0 Å². The van der Waals surface area contributed by atoms with Crippen LogP contribution in [0.5, 0.6) is 0 Å². The first kappa shape index (κ1) is 12.5. The van der Waals surface area contributed by atoms with Crippen LogP contribution in [0.25, 0.3) is 0 Å². The van der Waals surface area contributed by atoms with Gasteiger partial charge in [-0.25, -0.2) is 4.98 Å². The van der Waals surface area contributed by atoms with Crippen LogP contribution in [0.2, 0.25) is 0 Å². The number of nitrogens with zero attached hydrogens (tertiary/aromatic N) is 2. The number of nitrogens with one attached hydrogen (secondary N) is 1. The SMILES string of the molecule is O=C(NCCN1CCCC1)c1cccc(Br)n1. The van der Waals surface area contributed by atoms with Gasteiger partial charge in [-0.15, -0.1) is 0 Å². The van der Waals surface area contributed by atoms with Crippen molar-refractivity contribution in [1.29, 1.82) is 0 Å². The van der Waals surface area contributed by atoms with E-state index in [1.54, 1.807) is 12.1 Å². The van der Waals surface area contributed by atoms with Gasteiger partial charge in [0.1, 0.15) is 10.3 Å². The van der Waals surface area contributed by atoms with Crippen molar-refractivity contribution >= 4 is 21.8 Å². The predicted octanol–water partition coefficient (Wildman–Crippen LogP) is 1.67. The summed E-state index contributed by atoms with van der Waals surface area (Å²) in [6.45, 7) is 3.93. The Balaban J connectivity index is 1.77. The zero-order valence-electron chi connectivity index (χ0n) is 9.66. The zero-order chi connectivity index (χ0) is 12.1. The third kappa shape index (κ3) is 3.78. The van der Waals surface area contributed by atoms with Crippen LogP contribution in [-0.2, 0) is 0 Å². The summed E-state index contributed by atoms with van der Waals surface area (Å²) in [7, 11) is 0. The highest BCUT2D eigenvalue weighted by atomic mass is 79.9. The summed E-state index contributed by atoms with van der Waals surface area (Å²) >= 11 is 3.25. The van der Waals surface area contributed by atoms with Crippen LogP contribution in [0, 0.1) is 0 Å². The van der Waals surface area contributed by atoms with Crippen LogP contribution in [0.15, 0.2) is 22.8 Å². The smallest absolute Gasteiger partial charge is 0.269 e. The number of halogens is 1. The molecule has 2 heterocycles. The Morgan fingerprint density at radius 1 is 1.41 bits per heavy atom. The minimum atomic E-state index is -0.106. The van der Waals surface area contributed by atoms with E-state index in [2.05, 4.69) is 31.1 Å². The van der Waals surface area contributed by atoms with E-state index in [-0.39, 0.29) is 5.91 Å². The molecule has 0 aromatic carbocycles. The molecule has 0 bridgehead atoms. The number of aromatic nitrogens is 1. The Bertz CT molecular complexity index is 391. The van der Waals surface area contributed by atoms with Crippen LogP contribution in [0.4, 0.5) is 0 Å². The van der Waals surface area contributed by atoms with Gasteiger partial charge in [-0.1, -0.05) is 6.07 Å². The molecule has 1 aliphatic heterocycles. The maximum absolute atomic E-state index is 11.8. The van der Waals surface area contributed by atoms with Crippen molar-refractivity contribution in [2.45, 2.75) is 12.8 Å². The maximum Gasteiger partial charge on any atom is 0.269 e. The molecule has 0 unspecified atom stereocenters. The van der Waals surface area contributed by atoms with Crippen LogP contribution in [0.3, 0.4) is 0 Å². The summed E-state index contributed by atoms with van der Waals surface area (Å²) in [5, 5.41) is 2.89. The molecule has 0 spiro atoms. The van der Waals surface area contributed by atoms with Gasteiger partial charge in [-0.2, -0.15) is 0 Å². The number of rotatable bonds is 4. The molecule has 4 nitrogen and oxygen atoms in total. The van der Waals surface area contributed by atoms with Crippen LogP contribution < -0.4 is 5.32 Å².